The van der Waals surface area contributed by atoms with Crippen LogP contribution in [0.3, 0.4) is 0 Å². The number of benzene rings is 1. The number of fused-ring (bicyclic) bond motifs is 1. The third kappa shape index (κ3) is 1.52. The number of aromatic amines is 1. The molecule has 2 nitrogen and oxygen atoms in total. The first-order valence-corrected chi connectivity index (χ1v) is 5.82. The SMILES string of the molecule is Fc1c(C2CCNCC2)ccc2cc[nH]c12. The molecule has 0 aliphatic carbocycles. The summed E-state index contributed by atoms with van der Waals surface area (Å²) < 4.78 is 14.2. The van der Waals surface area contributed by atoms with Crippen LogP contribution in [0.4, 0.5) is 4.39 Å². The predicted octanol–water partition coefficient (Wildman–Crippen LogP) is 2.77. The first-order chi connectivity index (χ1) is 7.86. The Morgan fingerprint density at radius 3 is 2.75 bits per heavy atom. The molecular weight excluding hydrogens is 203 g/mol. The van der Waals surface area contributed by atoms with Gasteiger partial charge >= 0.3 is 0 Å². The second-order valence-corrected chi connectivity index (χ2v) is 4.43. The zero-order valence-electron chi connectivity index (χ0n) is 9.09. The molecule has 1 aromatic heterocycles. The van der Waals surface area contributed by atoms with Crippen LogP contribution in [0.2, 0.25) is 0 Å². The lowest BCUT2D eigenvalue weighted by Gasteiger charge is -2.23. The van der Waals surface area contributed by atoms with E-state index in [1.807, 2.05) is 18.2 Å². The molecule has 2 heterocycles. The normalized spacial score (nSPS) is 18.1. The fraction of sp³-hybridized carbons (Fsp3) is 0.385. The van der Waals surface area contributed by atoms with Crippen LogP contribution in [0.25, 0.3) is 10.9 Å². The number of halogens is 1. The highest BCUT2D eigenvalue weighted by atomic mass is 19.1. The van der Waals surface area contributed by atoms with Crippen molar-refractivity contribution in [1.29, 1.82) is 0 Å². The highest BCUT2D eigenvalue weighted by molar-refractivity contribution is 5.80. The fourth-order valence-corrected chi connectivity index (χ4v) is 2.56. The van der Waals surface area contributed by atoms with E-state index in [9.17, 15) is 4.39 Å². The van der Waals surface area contributed by atoms with Crippen molar-refractivity contribution in [3.05, 3.63) is 35.8 Å². The minimum Gasteiger partial charge on any atom is -0.359 e. The summed E-state index contributed by atoms with van der Waals surface area (Å²) in [6.07, 6.45) is 3.85. The van der Waals surface area contributed by atoms with Crippen LogP contribution in [0.1, 0.15) is 24.3 Å². The molecule has 0 unspecified atom stereocenters. The monoisotopic (exact) mass is 218 g/mol. The van der Waals surface area contributed by atoms with Gasteiger partial charge in [0.1, 0.15) is 0 Å². The first-order valence-electron chi connectivity index (χ1n) is 5.82. The molecule has 0 radical (unpaired) electrons. The zero-order chi connectivity index (χ0) is 11.0. The molecule has 0 atom stereocenters. The third-order valence-electron chi connectivity index (χ3n) is 3.47. The highest BCUT2D eigenvalue weighted by Gasteiger charge is 2.19. The lowest BCUT2D eigenvalue weighted by Crippen LogP contribution is -2.27. The molecule has 0 saturated carbocycles. The quantitative estimate of drug-likeness (QED) is 0.756. The van der Waals surface area contributed by atoms with Crippen LogP contribution in [0.15, 0.2) is 24.4 Å². The predicted molar refractivity (Wildman–Crippen MR) is 63.1 cm³/mol. The van der Waals surface area contributed by atoms with Crippen LogP contribution in [0.5, 0.6) is 0 Å². The molecule has 1 aromatic carbocycles. The number of rotatable bonds is 1. The Balaban J connectivity index is 2.05. The third-order valence-corrected chi connectivity index (χ3v) is 3.47. The van der Waals surface area contributed by atoms with Gasteiger partial charge in [0.05, 0.1) is 5.52 Å². The van der Waals surface area contributed by atoms with E-state index in [1.54, 1.807) is 6.20 Å². The molecule has 2 aromatic rings. The first kappa shape index (κ1) is 9.85. The van der Waals surface area contributed by atoms with E-state index in [4.69, 9.17) is 0 Å². The second kappa shape index (κ2) is 3.91. The average molecular weight is 218 g/mol. The van der Waals surface area contributed by atoms with Gasteiger partial charge in [-0.15, -0.1) is 0 Å². The van der Waals surface area contributed by atoms with Crippen molar-refractivity contribution < 1.29 is 4.39 Å². The number of piperidine rings is 1. The van der Waals surface area contributed by atoms with Crippen molar-refractivity contribution in [1.82, 2.24) is 10.3 Å². The Morgan fingerprint density at radius 1 is 1.12 bits per heavy atom. The molecule has 1 fully saturated rings. The summed E-state index contributed by atoms with van der Waals surface area (Å²) in [6.45, 7) is 1.99. The summed E-state index contributed by atoms with van der Waals surface area (Å²) >= 11 is 0. The molecule has 84 valence electrons. The van der Waals surface area contributed by atoms with Crippen molar-refractivity contribution in [2.75, 3.05) is 13.1 Å². The fourth-order valence-electron chi connectivity index (χ4n) is 2.56. The summed E-state index contributed by atoms with van der Waals surface area (Å²) in [5.74, 6) is 0.309. The Kier molecular flexibility index (Phi) is 2.40. The molecule has 3 rings (SSSR count). The van der Waals surface area contributed by atoms with E-state index < -0.39 is 0 Å². The summed E-state index contributed by atoms with van der Waals surface area (Å²) in [7, 11) is 0. The van der Waals surface area contributed by atoms with Gasteiger partial charge < -0.3 is 10.3 Å². The van der Waals surface area contributed by atoms with E-state index in [0.29, 0.717) is 11.4 Å². The Labute approximate surface area is 93.9 Å². The Morgan fingerprint density at radius 2 is 1.94 bits per heavy atom. The van der Waals surface area contributed by atoms with Crippen molar-refractivity contribution >= 4 is 10.9 Å². The lowest BCUT2D eigenvalue weighted by atomic mass is 9.89. The summed E-state index contributed by atoms with van der Waals surface area (Å²) in [4.78, 5) is 2.98. The minimum atomic E-state index is -0.0607. The summed E-state index contributed by atoms with van der Waals surface area (Å²) in [6, 6.07) is 5.86. The maximum Gasteiger partial charge on any atom is 0.150 e. The van der Waals surface area contributed by atoms with Crippen molar-refractivity contribution in [3.8, 4) is 0 Å². The van der Waals surface area contributed by atoms with Gasteiger partial charge in [-0.1, -0.05) is 12.1 Å². The smallest absolute Gasteiger partial charge is 0.150 e. The van der Waals surface area contributed by atoms with E-state index >= 15 is 0 Å². The standard InChI is InChI=1S/C13H15FN2/c14-12-11(9-3-6-15-7-4-9)2-1-10-5-8-16-13(10)12/h1-2,5,8-9,15-16H,3-4,6-7H2. The minimum absolute atomic E-state index is 0.0607. The molecule has 2 N–H and O–H groups in total. The van der Waals surface area contributed by atoms with Gasteiger partial charge in [-0.2, -0.15) is 0 Å². The van der Waals surface area contributed by atoms with Crippen LogP contribution >= 0.6 is 0 Å². The topological polar surface area (TPSA) is 27.8 Å². The number of nitrogens with one attached hydrogen (secondary N) is 2. The molecule has 1 aliphatic rings. The van der Waals surface area contributed by atoms with Gasteiger partial charge in [0.15, 0.2) is 5.82 Å². The van der Waals surface area contributed by atoms with Crippen molar-refractivity contribution in [3.63, 3.8) is 0 Å². The maximum absolute atomic E-state index is 14.2. The maximum atomic E-state index is 14.2. The number of hydrogen-bond acceptors (Lipinski definition) is 1. The molecule has 16 heavy (non-hydrogen) atoms. The molecule has 0 spiro atoms. The van der Waals surface area contributed by atoms with Gasteiger partial charge in [0.2, 0.25) is 0 Å². The summed E-state index contributed by atoms with van der Waals surface area (Å²) in [5.41, 5.74) is 1.52. The molecule has 1 saturated heterocycles. The molecule has 1 aliphatic heterocycles. The molecule has 3 heteroatoms. The van der Waals surface area contributed by atoms with Gasteiger partial charge in [0, 0.05) is 11.6 Å². The lowest BCUT2D eigenvalue weighted by molar-refractivity contribution is 0.446. The number of hydrogen-bond donors (Lipinski definition) is 2. The van der Waals surface area contributed by atoms with E-state index in [2.05, 4.69) is 10.3 Å². The largest absolute Gasteiger partial charge is 0.359 e. The Bertz CT molecular complexity index is 498. The van der Waals surface area contributed by atoms with Gasteiger partial charge in [0.25, 0.3) is 0 Å². The zero-order valence-corrected chi connectivity index (χ0v) is 9.09. The van der Waals surface area contributed by atoms with Crippen LogP contribution in [-0.4, -0.2) is 18.1 Å². The highest BCUT2D eigenvalue weighted by Crippen LogP contribution is 2.30. The number of H-pyrrole nitrogens is 1. The van der Waals surface area contributed by atoms with Crippen molar-refractivity contribution in [2.45, 2.75) is 18.8 Å². The molecule has 0 bridgehead atoms. The molecular formula is C13H15FN2. The Hall–Kier alpha value is -1.35. The van der Waals surface area contributed by atoms with Crippen LogP contribution < -0.4 is 5.32 Å². The van der Waals surface area contributed by atoms with Gasteiger partial charge in [-0.25, -0.2) is 4.39 Å². The van der Waals surface area contributed by atoms with Crippen LogP contribution in [-0.2, 0) is 0 Å². The second-order valence-electron chi connectivity index (χ2n) is 4.43. The summed E-state index contributed by atoms with van der Waals surface area (Å²) in [5, 5.41) is 4.26. The van der Waals surface area contributed by atoms with E-state index in [1.165, 1.54) is 0 Å². The van der Waals surface area contributed by atoms with Gasteiger partial charge in [-0.05, 0) is 43.5 Å². The number of aromatic nitrogens is 1. The van der Waals surface area contributed by atoms with E-state index in [-0.39, 0.29) is 5.82 Å². The molecule has 0 amide bonds. The average Bonchev–Trinajstić information content (AvgIpc) is 2.80. The van der Waals surface area contributed by atoms with E-state index in [0.717, 1.165) is 36.9 Å². The van der Waals surface area contributed by atoms with Crippen LogP contribution in [0, 0.1) is 5.82 Å². The van der Waals surface area contributed by atoms with Crippen molar-refractivity contribution in [2.24, 2.45) is 0 Å². The van der Waals surface area contributed by atoms with Gasteiger partial charge in [-0.3, -0.25) is 0 Å².